The first-order valence-corrected chi connectivity index (χ1v) is 12.0. The minimum atomic E-state index is -0.192. The maximum absolute atomic E-state index is 12.6. The van der Waals surface area contributed by atoms with Gasteiger partial charge in [0.05, 0.1) is 11.0 Å². The number of hydrogen-bond donors (Lipinski definition) is 3. The largest absolute Gasteiger partial charge is 0.457 e. The normalized spacial score (nSPS) is 15.8. The van der Waals surface area contributed by atoms with Gasteiger partial charge in [-0.25, -0.2) is 4.98 Å². The van der Waals surface area contributed by atoms with Crippen molar-refractivity contribution in [2.75, 3.05) is 18.4 Å². The summed E-state index contributed by atoms with van der Waals surface area (Å²) in [7, 11) is 1.96. The monoisotopic (exact) mass is 520 g/mol. The number of fused-ring (bicyclic) bond motifs is 1. The Morgan fingerprint density at radius 3 is 2.76 bits per heavy atom. The molecule has 34 heavy (non-hydrogen) atoms. The van der Waals surface area contributed by atoms with Crippen molar-refractivity contribution in [2.24, 2.45) is 7.05 Å². The van der Waals surface area contributed by atoms with Crippen LogP contribution in [0.25, 0.3) is 11.0 Å². The summed E-state index contributed by atoms with van der Waals surface area (Å²) in [6.07, 6.45) is 3.61. The molecule has 0 bridgehead atoms. The molecule has 3 N–H and O–H groups in total. The number of aromatic nitrogens is 3. The summed E-state index contributed by atoms with van der Waals surface area (Å²) in [4.78, 5) is 21.6. The second kappa shape index (κ2) is 9.82. The van der Waals surface area contributed by atoms with Crippen molar-refractivity contribution >= 4 is 44.5 Å². The third-order valence-corrected chi connectivity index (χ3v) is 6.31. The number of pyridine rings is 1. The number of halogens is 1. The number of rotatable bonds is 6. The molecule has 8 nitrogen and oxygen atoms in total. The Balaban J connectivity index is 1.31. The Morgan fingerprint density at radius 1 is 1.15 bits per heavy atom. The van der Waals surface area contributed by atoms with Gasteiger partial charge in [-0.05, 0) is 61.9 Å². The summed E-state index contributed by atoms with van der Waals surface area (Å²) in [6, 6.07) is 17.2. The maximum atomic E-state index is 12.6. The summed E-state index contributed by atoms with van der Waals surface area (Å²) in [6.45, 7) is 1.78. The molecule has 1 unspecified atom stereocenters. The fraction of sp³-hybridized carbons (Fsp3) is 0.240. The maximum Gasteiger partial charge on any atom is 0.270 e. The molecule has 1 fully saturated rings. The van der Waals surface area contributed by atoms with Crippen molar-refractivity contribution in [2.45, 2.75) is 18.9 Å². The number of carbonyl (C=O) groups excluding carboxylic acids is 1. The topological polar surface area (TPSA) is 93.1 Å². The van der Waals surface area contributed by atoms with E-state index < -0.39 is 0 Å². The van der Waals surface area contributed by atoms with E-state index in [-0.39, 0.29) is 11.9 Å². The van der Waals surface area contributed by atoms with Crippen LogP contribution in [0.15, 0.2) is 65.3 Å². The van der Waals surface area contributed by atoms with Crippen LogP contribution in [0.4, 0.5) is 11.6 Å². The quantitative estimate of drug-likeness (QED) is 0.339. The van der Waals surface area contributed by atoms with Gasteiger partial charge in [0, 0.05) is 48.1 Å². The van der Waals surface area contributed by atoms with Gasteiger partial charge in [0.15, 0.2) is 0 Å². The first kappa shape index (κ1) is 22.4. The first-order chi connectivity index (χ1) is 16.5. The molecule has 5 rings (SSSR count). The number of carbonyl (C=O) groups is 1. The molecule has 9 heteroatoms. The van der Waals surface area contributed by atoms with Gasteiger partial charge in [0.2, 0.25) is 5.95 Å². The standard InChI is InChI=1S/C25H25BrN6O2/c1-32-23-9-8-19(13-21(23)31-25(32)30-17-6-4-16(26)5-7-17)34-20-10-12-28-22(14-20)24(33)29-18-3-2-11-27-15-18/h4-10,12-14,18,27H,2-3,11,15H2,1H3,(H,29,33)(H,30,31). The first-order valence-electron chi connectivity index (χ1n) is 11.2. The Labute approximate surface area is 205 Å². The average molecular weight is 521 g/mol. The summed E-state index contributed by atoms with van der Waals surface area (Å²) in [5.74, 6) is 1.72. The number of ether oxygens (including phenoxy) is 1. The third kappa shape index (κ3) is 5.05. The van der Waals surface area contributed by atoms with E-state index in [1.54, 1.807) is 18.3 Å². The molecule has 0 saturated carbocycles. The molecule has 0 aliphatic carbocycles. The van der Waals surface area contributed by atoms with Crippen molar-refractivity contribution in [3.63, 3.8) is 0 Å². The van der Waals surface area contributed by atoms with Crippen LogP contribution in [0.1, 0.15) is 23.3 Å². The van der Waals surface area contributed by atoms with E-state index in [2.05, 4.69) is 36.9 Å². The molecule has 0 spiro atoms. The molecule has 0 radical (unpaired) electrons. The zero-order valence-corrected chi connectivity index (χ0v) is 20.3. The summed E-state index contributed by atoms with van der Waals surface area (Å²) < 4.78 is 9.06. The van der Waals surface area contributed by atoms with E-state index in [4.69, 9.17) is 9.72 Å². The van der Waals surface area contributed by atoms with E-state index >= 15 is 0 Å². The molecular formula is C25H25BrN6O2. The second-order valence-electron chi connectivity index (χ2n) is 8.27. The van der Waals surface area contributed by atoms with Crippen molar-refractivity contribution in [3.8, 4) is 11.5 Å². The Morgan fingerprint density at radius 2 is 1.97 bits per heavy atom. The van der Waals surface area contributed by atoms with E-state index in [1.807, 2.05) is 54.1 Å². The van der Waals surface area contributed by atoms with Gasteiger partial charge < -0.3 is 25.3 Å². The lowest BCUT2D eigenvalue weighted by Gasteiger charge is -2.23. The SMILES string of the molecule is Cn1c(Nc2ccc(Br)cc2)nc2cc(Oc3ccnc(C(=O)NC4CCCNC4)c3)ccc21. The molecule has 1 aliphatic heterocycles. The van der Waals surface area contributed by atoms with Gasteiger partial charge in [-0.2, -0.15) is 0 Å². The van der Waals surface area contributed by atoms with E-state index in [1.165, 1.54) is 0 Å². The van der Waals surface area contributed by atoms with Gasteiger partial charge in [-0.3, -0.25) is 9.78 Å². The highest BCUT2D eigenvalue weighted by molar-refractivity contribution is 9.10. The molecule has 3 heterocycles. The summed E-state index contributed by atoms with van der Waals surface area (Å²) >= 11 is 3.45. The van der Waals surface area contributed by atoms with Crippen LogP contribution in [0.5, 0.6) is 11.5 Å². The Bertz CT molecular complexity index is 1310. The highest BCUT2D eigenvalue weighted by Crippen LogP contribution is 2.28. The lowest BCUT2D eigenvalue weighted by Crippen LogP contribution is -2.45. The highest BCUT2D eigenvalue weighted by Gasteiger charge is 2.17. The third-order valence-electron chi connectivity index (χ3n) is 5.78. The van der Waals surface area contributed by atoms with Crippen LogP contribution in [0, 0.1) is 0 Å². The van der Waals surface area contributed by atoms with Gasteiger partial charge in [-0.1, -0.05) is 15.9 Å². The molecule has 2 aromatic heterocycles. The minimum absolute atomic E-state index is 0.124. The lowest BCUT2D eigenvalue weighted by molar-refractivity contribution is 0.0925. The Kier molecular flexibility index (Phi) is 6.46. The van der Waals surface area contributed by atoms with Crippen LogP contribution < -0.4 is 20.7 Å². The molecule has 2 aromatic carbocycles. The smallest absolute Gasteiger partial charge is 0.270 e. The fourth-order valence-corrected chi connectivity index (χ4v) is 4.25. The van der Waals surface area contributed by atoms with Gasteiger partial charge in [0.25, 0.3) is 5.91 Å². The van der Waals surface area contributed by atoms with Gasteiger partial charge in [-0.15, -0.1) is 0 Å². The number of nitrogens with one attached hydrogen (secondary N) is 3. The molecule has 1 aliphatic rings. The predicted octanol–water partition coefficient (Wildman–Crippen LogP) is 4.75. The highest BCUT2D eigenvalue weighted by atomic mass is 79.9. The number of nitrogens with zero attached hydrogens (tertiary/aromatic N) is 3. The fourth-order valence-electron chi connectivity index (χ4n) is 3.99. The molecule has 1 atom stereocenters. The minimum Gasteiger partial charge on any atom is -0.457 e. The molecule has 174 valence electrons. The summed E-state index contributed by atoms with van der Waals surface area (Å²) in [5.41, 5.74) is 3.06. The zero-order valence-electron chi connectivity index (χ0n) is 18.7. The van der Waals surface area contributed by atoms with Crippen molar-refractivity contribution in [1.82, 2.24) is 25.2 Å². The van der Waals surface area contributed by atoms with Gasteiger partial charge in [0.1, 0.15) is 17.2 Å². The predicted molar refractivity (Wildman–Crippen MR) is 136 cm³/mol. The number of amides is 1. The molecule has 1 amide bonds. The van der Waals surface area contributed by atoms with Crippen LogP contribution >= 0.6 is 15.9 Å². The van der Waals surface area contributed by atoms with E-state index in [9.17, 15) is 4.79 Å². The number of aryl methyl sites for hydroxylation is 1. The second-order valence-corrected chi connectivity index (χ2v) is 9.19. The van der Waals surface area contributed by atoms with Crippen LogP contribution in [0.2, 0.25) is 0 Å². The molecular weight excluding hydrogens is 496 g/mol. The zero-order chi connectivity index (χ0) is 23.5. The van der Waals surface area contributed by atoms with E-state index in [0.29, 0.717) is 17.2 Å². The average Bonchev–Trinajstić information content (AvgIpc) is 3.15. The number of imidazole rings is 1. The lowest BCUT2D eigenvalue weighted by atomic mass is 10.1. The molecule has 1 saturated heterocycles. The summed E-state index contributed by atoms with van der Waals surface area (Å²) in [5, 5.41) is 9.68. The van der Waals surface area contributed by atoms with Crippen LogP contribution in [-0.2, 0) is 7.05 Å². The number of hydrogen-bond acceptors (Lipinski definition) is 6. The van der Waals surface area contributed by atoms with Gasteiger partial charge >= 0.3 is 0 Å². The molecule has 4 aromatic rings. The van der Waals surface area contributed by atoms with Crippen LogP contribution in [0.3, 0.4) is 0 Å². The number of benzene rings is 2. The number of piperidine rings is 1. The van der Waals surface area contributed by atoms with Crippen molar-refractivity contribution < 1.29 is 9.53 Å². The Hall–Kier alpha value is -3.43. The number of anilines is 2. The van der Waals surface area contributed by atoms with Crippen LogP contribution in [-0.4, -0.2) is 39.6 Å². The van der Waals surface area contributed by atoms with Crippen molar-refractivity contribution in [1.29, 1.82) is 0 Å². The van der Waals surface area contributed by atoms with Crippen molar-refractivity contribution in [3.05, 3.63) is 71.0 Å². The van der Waals surface area contributed by atoms with E-state index in [0.717, 1.165) is 53.1 Å².